The largest absolute Gasteiger partial charge is 0.314 e. The molecule has 0 bridgehead atoms. The number of aryl methyl sites for hydroxylation is 1. The molecule has 0 saturated heterocycles. The Kier molecular flexibility index (Phi) is 4.52. The Morgan fingerprint density at radius 3 is 2.91 bits per heavy atom. The molecule has 3 heterocycles. The van der Waals surface area contributed by atoms with E-state index in [-0.39, 0.29) is 6.04 Å². The SMILES string of the molecule is CC(C)Cn1ncnc1CN[C@H](C)c1nnc2n1CCCC2. The average molecular weight is 303 g/mol. The Hall–Kier alpha value is -1.76. The van der Waals surface area contributed by atoms with Gasteiger partial charge in [-0.25, -0.2) is 9.67 Å². The van der Waals surface area contributed by atoms with Crippen molar-refractivity contribution < 1.29 is 0 Å². The van der Waals surface area contributed by atoms with E-state index in [4.69, 9.17) is 0 Å². The van der Waals surface area contributed by atoms with Crippen LogP contribution in [0.4, 0.5) is 0 Å². The number of hydrogen-bond acceptors (Lipinski definition) is 5. The Morgan fingerprint density at radius 2 is 2.09 bits per heavy atom. The van der Waals surface area contributed by atoms with Crippen molar-refractivity contribution in [2.75, 3.05) is 0 Å². The van der Waals surface area contributed by atoms with Crippen LogP contribution in [0.2, 0.25) is 0 Å². The molecule has 1 N–H and O–H groups in total. The lowest BCUT2D eigenvalue weighted by Gasteiger charge is -2.19. The van der Waals surface area contributed by atoms with Crippen molar-refractivity contribution in [2.24, 2.45) is 5.92 Å². The highest BCUT2D eigenvalue weighted by molar-refractivity contribution is 5.03. The summed E-state index contributed by atoms with van der Waals surface area (Å²) < 4.78 is 4.24. The molecule has 22 heavy (non-hydrogen) atoms. The van der Waals surface area contributed by atoms with Crippen LogP contribution >= 0.6 is 0 Å². The maximum atomic E-state index is 4.38. The average Bonchev–Trinajstić information content (AvgIpc) is 3.11. The van der Waals surface area contributed by atoms with Gasteiger partial charge in [-0.1, -0.05) is 13.8 Å². The van der Waals surface area contributed by atoms with E-state index in [1.165, 1.54) is 12.8 Å². The fourth-order valence-electron chi connectivity index (χ4n) is 2.91. The third kappa shape index (κ3) is 3.19. The molecule has 2 aromatic heterocycles. The molecule has 1 aliphatic rings. The van der Waals surface area contributed by atoms with E-state index in [0.717, 1.165) is 37.0 Å². The number of fused-ring (bicyclic) bond motifs is 1. The van der Waals surface area contributed by atoms with Gasteiger partial charge in [0, 0.05) is 19.5 Å². The lowest BCUT2D eigenvalue weighted by atomic mass is 10.1. The van der Waals surface area contributed by atoms with Crippen LogP contribution in [0.25, 0.3) is 0 Å². The van der Waals surface area contributed by atoms with Crippen LogP contribution in [0.15, 0.2) is 6.33 Å². The van der Waals surface area contributed by atoms with Crippen molar-refractivity contribution in [3.8, 4) is 0 Å². The molecule has 7 heteroatoms. The van der Waals surface area contributed by atoms with Gasteiger partial charge >= 0.3 is 0 Å². The fraction of sp³-hybridized carbons (Fsp3) is 0.733. The van der Waals surface area contributed by atoms with Crippen LogP contribution in [0.3, 0.4) is 0 Å². The van der Waals surface area contributed by atoms with Gasteiger partial charge in [0.1, 0.15) is 23.8 Å². The first-order chi connectivity index (χ1) is 10.6. The summed E-state index contributed by atoms with van der Waals surface area (Å²) in [6.45, 7) is 9.12. The number of hydrogen-bond donors (Lipinski definition) is 1. The Labute approximate surface area is 131 Å². The van der Waals surface area contributed by atoms with E-state index in [9.17, 15) is 0 Å². The number of aromatic nitrogens is 6. The Bertz CT molecular complexity index is 613. The molecule has 0 amide bonds. The van der Waals surface area contributed by atoms with Gasteiger partial charge in [-0.3, -0.25) is 0 Å². The predicted octanol–water partition coefficient (Wildman–Crippen LogP) is 1.71. The summed E-state index contributed by atoms with van der Waals surface area (Å²) in [5.41, 5.74) is 0. The predicted molar refractivity (Wildman–Crippen MR) is 83.1 cm³/mol. The molecule has 120 valence electrons. The zero-order valence-electron chi connectivity index (χ0n) is 13.7. The van der Waals surface area contributed by atoms with Gasteiger partial charge < -0.3 is 9.88 Å². The van der Waals surface area contributed by atoms with Crippen molar-refractivity contribution in [1.29, 1.82) is 0 Å². The molecule has 0 radical (unpaired) electrons. The van der Waals surface area contributed by atoms with Crippen molar-refractivity contribution in [3.63, 3.8) is 0 Å². The van der Waals surface area contributed by atoms with Gasteiger partial charge in [0.2, 0.25) is 0 Å². The van der Waals surface area contributed by atoms with Crippen LogP contribution in [0.5, 0.6) is 0 Å². The summed E-state index contributed by atoms with van der Waals surface area (Å²) >= 11 is 0. The second-order valence-electron chi connectivity index (χ2n) is 6.44. The van der Waals surface area contributed by atoms with Gasteiger partial charge in [-0.05, 0) is 25.7 Å². The summed E-state index contributed by atoms with van der Waals surface area (Å²) in [4.78, 5) is 4.36. The minimum Gasteiger partial charge on any atom is -0.314 e. The lowest BCUT2D eigenvalue weighted by Crippen LogP contribution is -2.25. The molecule has 1 aliphatic heterocycles. The van der Waals surface area contributed by atoms with Gasteiger partial charge in [-0.15, -0.1) is 10.2 Å². The normalized spacial score (nSPS) is 16.0. The van der Waals surface area contributed by atoms with Crippen molar-refractivity contribution in [2.45, 2.75) is 65.7 Å². The monoisotopic (exact) mass is 303 g/mol. The molecule has 7 nitrogen and oxygen atoms in total. The van der Waals surface area contributed by atoms with Gasteiger partial charge in [0.25, 0.3) is 0 Å². The number of nitrogens with zero attached hydrogens (tertiary/aromatic N) is 6. The quantitative estimate of drug-likeness (QED) is 0.879. The fourth-order valence-corrected chi connectivity index (χ4v) is 2.91. The molecular weight excluding hydrogens is 278 g/mol. The smallest absolute Gasteiger partial charge is 0.149 e. The van der Waals surface area contributed by atoms with Crippen molar-refractivity contribution in [3.05, 3.63) is 23.8 Å². The molecule has 3 rings (SSSR count). The highest BCUT2D eigenvalue weighted by atomic mass is 15.3. The van der Waals surface area contributed by atoms with E-state index in [2.05, 4.69) is 50.9 Å². The molecule has 2 aromatic rings. The minimum absolute atomic E-state index is 0.156. The third-order valence-electron chi connectivity index (χ3n) is 4.08. The summed E-state index contributed by atoms with van der Waals surface area (Å²) in [6, 6.07) is 0.156. The minimum atomic E-state index is 0.156. The molecule has 0 unspecified atom stereocenters. The Morgan fingerprint density at radius 1 is 1.23 bits per heavy atom. The molecular formula is C15H25N7. The van der Waals surface area contributed by atoms with Crippen LogP contribution < -0.4 is 5.32 Å². The van der Waals surface area contributed by atoms with Crippen LogP contribution in [-0.2, 0) is 26.1 Å². The number of rotatable bonds is 6. The van der Waals surface area contributed by atoms with E-state index in [1.807, 2.05) is 4.68 Å². The van der Waals surface area contributed by atoms with E-state index in [0.29, 0.717) is 12.5 Å². The summed E-state index contributed by atoms with van der Waals surface area (Å²) in [7, 11) is 0. The summed E-state index contributed by atoms with van der Waals surface area (Å²) in [6.07, 6.45) is 5.11. The van der Waals surface area contributed by atoms with E-state index in [1.54, 1.807) is 6.33 Å². The zero-order valence-corrected chi connectivity index (χ0v) is 13.7. The number of nitrogens with one attached hydrogen (secondary N) is 1. The van der Waals surface area contributed by atoms with Crippen molar-refractivity contribution >= 4 is 0 Å². The third-order valence-corrected chi connectivity index (χ3v) is 4.08. The van der Waals surface area contributed by atoms with Gasteiger partial charge in [0.05, 0.1) is 12.6 Å². The van der Waals surface area contributed by atoms with Gasteiger partial charge in [-0.2, -0.15) is 5.10 Å². The lowest BCUT2D eigenvalue weighted by molar-refractivity contribution is 0.434. The summed E-state index contributed by atoms with van der Waals surface area (Å²) in [5, 5.41) is 16.5. The van der Waals surface area contributed by atoms with Crippen LogP contribution in [0.1, 0.15) is 57.1 Å². The first kappa shape index (κ1) is 15.1. The highest BCUT2D eigenvalue weighted by Crippen LogP contribution is 2.18. The second kappa shape index (κ2) is 6.56. The highest BCUT2D eigenvalue weighted by Gasteiger charge is 2.20. The maximum absolute atomic E-state index is 4.38. The molecule has 0 aromatic carbocycles. The zero-order chi connectivity index (χ0) is 15.5. The van der Waals surface area contributed by atoms with E-state index < -0.39 is 0 Å². The first-order valence-corrected chi connectivity index (χ1v) is 8.17. The van der Waals surface area contributed by atoms with Crippen LogP contribution in [-0.4, -0.2) is 29.5 Å². The molecule has 0 saturated carbocycles. The topological polar surface area (TPSA) is 73.5 Å². The van der Waals surface area contributed by atoms with Crippen molar-refractivity contribution in [1.82, 2.24) is 34.8 Å². The molecule has 0 aliphatic carbocycles. The second-order valence-corrected chi connectivity index (χ2v) is 6.44. The molecule has 0 spiro atoms. The molecule has 1 atom stereocenters. The van der Waals surface area contributed by atoms with Crippen LogP contribution in [0, 0.1) is 5.92 Å². The van der Waals surface area contributed by atoms with Gasteiger partial charge in [0.15, 0.2) is 0 Å². The first-order valence-electron chi connectivity index (χ1n) is 8.17. The standard InChI is InChI=1S/C15H25N7/c1-11(2)9-22-14(17-10-18-22)8-16-12(3)15-20-19-13-6-4-5-7-21(13)15/h10-12,16H,4-9H2,1-3H3/t12-/m1/s1. The summed E-state index contributed by atoms with van der Waals surface area (Å²) in [5.74, 6) is 3.68. The maximum Gasteiger partial charge on any atom is 0.149 e. The molecule has 0 fully saturated rings. The van der Waals surface area contributed by atoms with E-state index >= 15 is 0 Å². The Balaban J connectivity index is 1.64.